The van der Waals surface area contributed by atoms with Crippen molar-refractivity contribution in [2.75, 3.05) is 11.9 Å². The van der Waals surface area contributed by atoms with Crippen molar-refractivity contribution >= 4 is 23.1 Å². The number of aromatic amines is 1. The average Bonchev–Trinajstić information content (AvgIpc) is 3.53. The predicted molar refractivity (Wildman–Crippen MR) is 118 cm³/mol. The molecule has 31 heavy (non-hydrogen) atoms. The highest BCUT2D eigenvalue weighted by atomic mass is 32.1. The van der Waals surface area contributed by atoms with Crippen LogP contribution in [0.4, 0.5) is 5.82 Å². The highest BCUT2D eigenvalue weighted by Crippen LogP contribution is 2.27. The average molecular weight is 433 g/mol. The lowest BCUT2D eigenvalue weighted by Gasteiger charge is -2.10. The number of hydrogen-bond donors (Lipinski definition) is 2. The molecule has 0 saturated heterocycles. The van der Waals surface area contributed by atoms with Crippen LogP contribution in [-0.2, 0) is 17.6 Å². The summed E-state index contributed by atoms with van der Waals surface area (Å²) in [5.74, 6) is 0.959. The number of aromatic nitrogens is 4. The van der Waals surface area contributed by atoms with Crippen LogP contribution in [0.3, 0.4) is 0 Å². The molecule has 3 aromatic heterocycles. The van der Waals surface area contributed by atoms with Crippen molar-refractivity contribution in [1.82, 2.24) is 19.7 Å². The number of nitrogens with one attached hydrogen (secondary N) is 2. The third-order valence-corrected chi connectivity index (χ3v) is 5.89. The van der Waals surface area contributed by atoms with E-state index < -0.39 is 0 Å². The molecule has 9 heteroatoms. The van der Waals surface area contributed by atoms with Crippen LogP contribution >= 0.6 is 11.3 Å². The monoisotopic (exact) mass is 433 g/mol. The smallest absolute Gasteiger partial charge is 0.263 e. The first-order valence-corrected chi connectivity index (χ1v) is 10.8. The normalized spacial score (nSPS) is 12.5. The minimum absolute atomic E-state index is 0.155. The number of carbonyl (C=O) groups is 1. The van der Waals surface area contributed by atoms with Crippen LogP contribution in [0.1, 0.15) is 17.7 Å². The molecule has 0 spiro atoms. The van der Waals surface area contributed by atoms with Gasteiger partial charge in [-0.15, -0.1) is 11.3 Å². The number of benzene rings is 1. The summed E-state index contributed by atoms with van der Waals surface area (Å²) in [7, 11) is 0. The van der Waals surface area contributed by atoms with Crippen molar-refractivity contribution in [2.45, 2.75) is 19.3 Å². The van der Waals surface area contributed by atoms with E-state index in [9.17, 15) is 9.59 Å². The first-order chi connectivity index (χ1) is 15.2. The number of hydrogen-bond acceptors (Lipinski definition) is 6. The van der Waals surface area contributed by atoms with E-state index in [1.807, 2.05) is 35.7 Å². The molecule has 0 unspecified atom stereocenters. The van der Waals surface area contributed by atoms with Crippen LogP contribution in [-0.4, -0.2) is 32.3 Å². The Morgan fingerprint density at radius 2 is 2.06 bits per heavy atom. The molecule has 1 aliphatic rings. The molecule has 0 atom stereocenters. The van der Waals surface area contributed by atoms with E-state index in [0.29, 0.717) is 17.3 Å². The first-order valence-electron chi connectivity index (χ1n) is 9.91. The molecular weight excluding hydrogens is 414 g/mol. The topological polar surface area (TPSA) is 102 Å². The Kier molecular flexibility index (Phi) is 5.09. The quantitative estimate of drug-likeness (QED) is 0.486. The maximum Gasteiger partial charge on any atom is 0.263 e. The van der Waals surface area contributed by atoms with Gasteiger partial charge in [-0.3, -0.25) is 14.6 Å². The van der Waals surface area contributed by atoms with Crippen LogP contribution in [0.5, 0.6) is 5.75 Å². The number of amides is 1. The van der Waals surface area contributed by atoms with Crippen molar-refractivity contribution in [2.24, 2.45) is 0 Å². The van der Waals surface area contributed by atoms with Crippen LogP contribution in [0, 0.1) is 0 Å². The van der Waals surface area contributed by atoms with E-state index in [4.69, 9.17) is 4.74 Å². The summed E-state index contributed by atoms with van der Waals surface area (Å²) in [5.41, 5.74) is 2.04. The summed E-state index contributed by atoms with van der Waals surface area (Å²) in [6.07, 6.45) is 2.41. The van der Waals surface area contributed by atoms with Gasteiger partial charge >= 0.3 is 0 Å². The third kappa shape index (κ3) is 3.99. The molecule has 8 nitrogen and oxygen atoms in total. The number of rotatable bonds is 6. The van der Waals surface area contributed by atoms with Gasteiger partial charge < -0.3 is 10.1 Å². The fraction of sp³-hybridized carbons (Fsp3) is 0.182. The molecule has 0 saturated carbocycles. The predicted octanol–water partition coefficient (Wildman–Crippen LogP) is 3.19. The van der Waals surface area contributed by atoms with Crippen molar-refractivity contribution in [1.29, 1.82) is 0 Å². The van der Waals surface area contributed by atoms with E-state index in [0.717, 1.165) is 35.4 Å². The number of para-hydroxylation sites is 1. The Bertz CT molecular complexity index is 1280. The van der Waals surface area contributed by atoms with Crippen LogP contribution in [0.2, 0.25) is 0 Å². The molecule has 1 amide bonds. The minimum Gasteiger partial charge on any atom is -0.484 e. The van der Waals surface area contributed by atoms with Crippen molar-refractivity contribution in [3.8, 4) is 22.3 Å². The summed E-state index contributed by atoms with van der Waals surface area (Å²) in [4.78, 5) is 33.4. The van der Waals surface area contributed by atoms with E-state index in [2.05, 4.69) is 20.4 Å². The number of ether oxygens (including phenoxy) is 1. The largest absolute Gasteiger partial charge is 0.484 e. The fourth-order valence-corrected chi connectivity index (χ4v) is 4.23. The molecule has 5 rings (SSSR count). The Morgan fingerprint density at radius 1 is 1.19 bits per heavy atom. The maximum atomic E-state index is 12.6. The van der Waals surface area contributed by atoms with Gasteiger partial charge in [0.15, 0.2) is 6.61 Å². The van der Waals surface area contributed by atoms with Gasteiger partial charge in [-0.1, -0.05) is 24.3 Å². The Hall–Kier alpha value is -3.72. The van der Waals surface area contributed by atoms with Gasteiger partial charge in [0, 0.05) is 11.6 Å². The Labute approximate surface area is 181 Å². The number of H-pyrrole nitrogens is 1. The second-order valence-corrected chi connectivity index (χ2v) is 8.07. The summed E-state index contributed by atoms with van der Waals surface area (Å²) in [6, 6.07) is 14.8. The van der Waals surface area contributed by atoms with Gasteiger partial charge in [-0.2, -0.15) is 9.78 Å². The molecule has 3 heterocycles. The lowest BCUT2D eigenvalue weighted by atomic mass is 10.3. The lowest BCUT2D eigenvalue weighted by Crippen LogP contribution is -2.24. The number of carbonyl (C=O) groups excluding carboxylic acids is 1. The SMILES string of the molecule is O=C(COc1ccccc1)Nc1cc(-c2cccs2)nn1-c1nc2c(c(=O)[nH]1)CCC2. The van der Waals surface area contributed by atoms with E-state index in [1.54, 1.807) is 18.2 Å². The van der Waals surface area contributed by atoms with Crippen LogP contribution in [0.25, 0.3) is 16.5 Å². The van der Waals surface area contributed by atoms with Crippen molar-refractivity contribution in [3.63, 3.8) is 0 Å². The van der Waals surface area contributed by atoms with E-state index >= 15 is 0 Å². The van der Waals surface area contributed by atoms with Crippen LogP contribution in [0.15, 0.2) is 58.7 Å². The standard InChI is InChI=1S/C22H19N5O3S/c28-20(13-30-14-6-2-1-3-7-14)24-19-12-17(18-10-5-11-31-18)26-27(19)22-23-16-9-4-8-15(16)21(29)25-22/h1-3,5-7,10-12H,4,8-9,13H2,(H,24,28)(H,23,25,29). The zero-order valence-corrected chi connectivity index (χ0v) is 17.3. The molecule has 4 aromatic rings. The number of nitrogens with zero attached hydrogens (tertiary/aromatic N) is 3. The van der Waals surface area contributed by atoms with E-state index in [-0.39, 0.29) is 24.0 Å². The molecule has 1 aliphatic carbocycles. The van der Waals surface area contributed by atoms with Gasteiger partial charge in [-0.05, 0) is 42.8 Å². The molecule has 0 fully saturated rings. The van der Waals surface area contributed by atoms with Gasteiger partial charge in [0.1, 0.15) is 17.3 Å². The zero-order valence-electron chi connectivity index (χ0n) is 16.5. The molecule has 2 N–H and O–H groups in total. The van der Waals surface area contributed by atoms with Gasteiger partial charge in [0.2, 0.25) is 5.95 Å². The van der Waals surface area contributed by atoms with E-state index in [1.165, 1.54) is 16.0 Å². The number of aryl methyl sites for hydroxylation is 1. The summed E-state index contributed by atoms with van der Waals surface area (Å²) >= 11 is 1.54. The third-order valence-electron chi connectivity index (χ3n) is 4.99. The molecule has 156 valence electrons. The molecule has 1 aromatic carbocycles. The van der Waals surface area contributed by atoms with Crippen LogP contribution < -0.4 is 15.6 Å². The van der Waals surface area contributed by atoms with Gasteiger partial charge in [0.25, 0.3) is 11.5 Å². The highest BCUT2D eigenvalue weighted by Gasteiger charge is 2.21. The van der Waals surface area contributed by atoms with Gasteiger partial charge in [-0.25, -0.2) is 4.98 Å². The highest BCUT2D eigenvalue weighted by molar-refractivity contribution is 7.13. The summed E-state index contributed by atoms with van der Waals surface area (Å²) in [6.45, 7) is -0.155. The lowest BCUT2D eigenvalue weighted by molar-refractivity contribution is -0.118. The maximum absolute atomic E-state index is 12.6. The zero-order chi connectivity index (χ0) is 21.2. The number of anilines is 1. The fourth-order valence-electron chi connectivity index (χ4n) is 3.55. The second kappa shape index (κ2) is 8.19. The molecule has 0 bridgehead atoms. The second-order valence-electron chi connectivity index (χ2n) is 7.12. The van der Waals surface area contributed by atoms with Gasteiger partial charge in [0.05, 0.1) is 10.6 Å². The van der Waals surface area contributed by atoms with Crippen molar-refractivity contribution < 1.29 is 9.53 Å². The Balaban J connectivity index is 1.45. The number of thiophene rings is 1. The summed E-state index contributed by atoms with van der Waals surface area (Å²) in [5, 5.41) is 9.38. The number of fused-ring (bicyclic) bond motifs is 1. The molecule has 0 aliphatic heterocycles. The van der Waals surface area contributed by atoms with Crippen molar-refractivity contribution in [3.05, 3.63) is 75.5 Å². The Morgan fingerprint density at radius 3 is 2.87 bits per heavy atom. The minimum atomic E-state index is -0.341. The first kappa shape index (κ1) is 19.3. The molecular formula is C22H19N5O3S. The summed E-state index contributed by atoms with van der Waals surface area (Å²) < 4.78 is 7.00. The molecule has 0 radical (unpaired) electrons.